The summed E-state index contributed by atoms with van der Waals surface area (Å²) in [6.45, 7) is 5.82. The number of carbonyl (C=O) groups is 3. The molecule has 8 nitrogen and oxygen atoms in total. The molecule has 2 aromatic carbocycles. The topological polar surface area (TPSA) is 113 Å². The minimum atomic E-state index is -0.819. The van der Waals surface area contributed by atoms with Gasteiger partial charge in [-0.1, -0.05) is 39.3 Å². The van der Waals surface area contributed by atoms with E-state index >= 15 is 0 Å². The molecule has 1 fully saturated rings. The Kier molecular flexibility index (Phi) is 8.15. The number of hydrogen-bond donors (Lipinski definition) is 0. The van der Waals surface area contributed by atoms with Crippen LogP contribution in [0.3, 0.4) is 0 Å². The zero-order valence-corrected chi connectivity index (χ0v) is 19.6. The lowest BCUT2D eigenvalue weighted by atomic mass is 9.75. The molecular formula is C26H29NO7. The van der Waals surface area contributed by atoms with E-state index in [0.29, 0.717) is 11.8 Å². The predicted octanol–water partition coefficient (Wildman–Crippen LogP) is 5.25. The Balaban J connectivity index is 1.67. The molecular weight excluding hydrogens is 438 g/mol. The van der Waals surface area contributed by atoms with E-state index in [-0.39, 0.29) is 34.4 Å². The molecule has 0 aromatic heterocycles. The molecule has 1 aliphatic rings. The third kappa shape index (κ3) is 6.07. The number of rotatable bonds is 8. The van der Waals surface area contributed by atoms with Gasteiger partial charge >= 0.3 is 11.9 Å². The molecule has 0 aliphatic heterocycles. The van der Waals surface area contributed by atoms with Crippen molar-refractivity contribution in [2.75, 3.05) is 6.61 Å². The highest BCUT2D eigenvalue weighted by Crippen LogP contribution is 2.35. The van der Waals surface area contributed by atoms with Crippen molar-refractivity contribution in [1.29, 1.82) is 0 Å². The van der Waals surface area contributed by atoms with Crippen molar-refractivity contribution in [3.05, 3.63) is 75.3 Å². The number of ether oxygens (including phenoxy) is 2. The highest BCUT2D eigenvalue weighted by atomic mass is 16.6. The van der Waals surface area contributed by atoms with Crippen molar-refractivity contribution < 1.29 is 28.8 Å². The molecule has 0 amide bonds. The zero-order valence-electron chi connectivity index (χ0n) is 19.6. The van der Waals surface area contributed by atoms with E-state index in [0.717, 1.165) is 19.3 Å². The molecule has 0 spiro atoms. The van der Waals surface area contributed by atoms with E-state index in [1.165, 1.54) is 36.4 Å². The summed E-state index contributed by atoms with van der Waals surface area (Å²) in [5, 5.41) is 10.7. The Morgan fingerprint density at radius 2 is 1.62 bits per heavy atom. The maximum atomic E-state index is 13.0. The Morgan fingerprint density at radius 3 is 2.21 bits per heavy atom. The molecule has 1 aliphatic carbocycles. The average molecular weight is 468 g/mol. The van der Waals surface area contributed by atoms with Crippen LogP contribution < -0.4 is 0 Å². The van der Waals surface area contributed by atoms with E-state index in [1.54, 1.807) is 12.1 Å². The van der Waals surface area contributed by atoms with Crippen molar-refractivity contribution in [2.45, 2.75) is 46.1 Å². The standard InChI is InChI=1S/C26H29NO7/c1-16(2)20-13-8-17(3)14-24(20)34-26(30)22-7-5-4-6-21(22)25(29)33-15-23(28)18-9-11-19(12-10-18)27(31)32/h4-7,9-12,16-17,20,24H,8,13-15H2,1-3H3/t17-,20-,24+/m1/s1. The van der Waals surface area contributed by atoms with Gasteiger partial charge in [-0.2, -0.15) is 0 Å². The van der Waals surface area contributed by atoms with Gasteiger partial charge in [0.15, 0.2) is 12.4 Å². The first-order valence-electron chi connectivity index (χ1n) is 11.4. The molecule has 1 saturated carbocycles. The van der Waals surface area contributed by atoms with E-state index < -0.39 is 29.3 Å². The van der Waals surface area contributed by atoms with Crippen LogP contribution in [-0.4, -0.2) is 35.4 Å². The lowest BCUT2D eigenvalue weighted by Crippen LogP contribution is -2.36. The number of carbonyl (C=O) groups excluding carboxylic acids is 3. The number of nitro groups is 1. The van der Waals surface area contributed by atoms with Crippen LogP contribution in [0.4, 0.5) is 5.69 Å². The van der Waals surface area contributed by atoms with Gasteiger partial charge in [0.25, 0.3) is 5.69 Å². The van der Waals surface area contributed by atoms with Crippen molar-refractivity contribution >= 4 is 23.4 Å². The largest absolute Gasteiger partial charge is 0.458 e. The summed E-state index contributed by atoms with van der Waals surface area (Å²) >= 11 is 0. The highest BCUT2D eigenvalue weighted by molar-refractivity contribution is 6.04. The second kappa shape index (κ2) is 11.0. The third-order valence-electron chi connectivity index (χ3n) is 6.32. The van der Waals surface area contributed by atoms with Crippen LogP contribution in [0.1, 0.15) is 71.1 Å². The molecule has 0 unspecified atom stereocenters. The molecule has 0 saturated heterocycles. The Morgan fingerprint density at radius 1 is 1.00 bits per heavy atom. The fraction of sp³-hybridized carbons (Fsp3) is 0.423. The molecule has 0 N–H and O–H groups in total. The number of ketones is 1. The Labute approximate surface area is 198 Å². The summed E-state index contributed by atoms with van der Waals surface area (Å²) in [6, 6.07) is 11.2. The van der Waals surface area contributed by atoms with Crippen LogP contribution in [-0.2, 0) is 9.47 Å². The monoisotopic (exact) mass is 467 g/mol. The summed E-state index contributed by atoms with van der Waals surface area (Å²) in [4.78, 5) is 48.2. The van der Waals surface area contributed by atoms with Gasteiger partial charge in [-0.05, 0) is 54.9 Å². The quantitative estimate of drug-likeness (QED) is 0.225. The van der Waals surface area contributed by atoms with Crippen LogP contribution in [0.25, 0.3) is 0 Å². The molecule has 0 heterocycles. The van der Waals surface area contributed by atoms with E-state index in [4.69, 9.17) is 9.47 Å². The van der Waals surface area contributed by atoms with Gasteiger partial charge in [0.05, 0.1) is 16.1 Å². The lowest BCUT2D eigenvalue weighted by molar-refractivity contribution is -0.384. The Hall–Kier alpha value is -3.55. The molecule has 3 atom stereocenters. The summed E-state index contributed by atoms with van der Waals surface area (Å²) in [5.74, 6) is -0.827. The van der Waals surface area contributed by atoms with Crippen molar-refractivity contribution in [1.82, 2.24) is 0 Å². The van der Waals surface area contributed by atoms with Crippen molar-refractivity contribution in [3.63, 3.8) is 0 Å². The normalized spacial score (nSPS) is 19.9. The van der Waals surface area contributed by atoms with Crippen molar-refractivity contribution in [2.24, 2.45) is 17.8 Å². The molecule has 34 heavy (non-hydrogen) atoms. The van der Waals surface area contributed by atoms with E-state index in [9.17, 15) is 24.5 Å². The molecule has 3 rings (SSSR count). The fourth-order valence-electron chi connectivity index (χ4n) is 4.35. The third-order valence-corrected chi connectivity index (χ3v) is 6.32. The van der Waals surface area contributed by atoms with Gasteiger partial charge < -0.3 is 9.47 Å². The number of nitrogens with zero attached hydrogens (tertiary/aromatic N) is 1. The molecule has 0 bridgehead atoms. The molecule has 2 aromatic rings. The smallest absolute Gasteiger partial charge is 0.339 e. The van der Waals surface area contributed by atoms with Crippen LogP contribution in [0.5, 0.6) is 0 Å². The summed E-state index contributed by atoms with van der Waals surface area (Å²) < 4.78 is 11.0. The highest BCUT2D eigenvalue weighted by Gasteiger charge is 2.34. The second-order valence-electron chi connectivity index (χ2n) is 9.12. The Bertz CT molecular complexity index is 1060. The van der Waals surface area contributed by atoms with Gasteiger partial charge in [0, 0.05) is 17.7 Å². The van der Waals surface area contributed by atoms with Gasteiger partial charge in [-0.25, -0.2) is 9.59 Å². The maximum Gasteiger partial charge on any atom is 0.339 e. The first kappa shape index (κ1) is 25.1. The van der Waals surface area contributed by atoms with Gasteiger partial charge in [0.1, 0.15) is 6.10 Å². The van der Waals surface area contributed by atoms with Gasteiger partial charge in [-0.3, -0.25) is 14.9 Å². The maximum absolute atomic E-state index is 13.0. The first-order chi connectivity index (χ1) is 16.2. The van der Waals surface area contributed by atoms with E-state index in [2.05, 4.69) is 20.8 Å². The minimum Gasteiger partial charge on any atom is -0.458 e. The first-order valence-corrected chi connectivity index (χ1v) is 11.4. The number of esters is 2. The predicted molar refractivity (Wildman–Crippen MR) is 125 cm³/mol. The number of hydrogen-bond acceptors (Lipinski definition) is 7. The summed E-state index contributed by atoms with van der Waals surface area (Å²) in [6.07, 6.45) is 2.66. The van der Waals surface area contributed by atoms with Gasteiger partial charge in [0.2, 0.25) is 0 Å². The number of Topliss-reactive ketones (excluding diaryl/α,β-unsaturated/α-hetero) is 1. The lowest BCUT2D eigenvalue weighted by Gasteiger charge is -2.36. The average Bonchev–Trinajstić information content (AvgIpc) is 2.82. The molecule has 0 radical (unpaired) electrons. The summed E-state index contributed by atoms with van der Waals surface area (Å²) in [7, 11) is 0. The van der Waals surface area contributed by atoms with Crippen molar-refractivity contribution in [3.8, 4) is 0 Å². The van der Waals surface area contributed by atoms with Crippen LogP contribution in [0.2, 0.25) is 0 Å². The van der Waals surface area contributed by atoms with Crippen LogP contribution in [0.15, 0.2) is 48.5 Å². The number of benzene rings is 2. The SMILES string of the molecule is CC(C)[C@H]1CC[C@@H](C)C[C@@H]1OC(=O)c1ccccc1C(=O)OCC(=O)c1ccc([N+](=O)[O-])cc1. The van der Waals surface area contributed by atoms with Gasteiger partial charge in [-0.15, -0.1) is 0 Å². The van der Waals surface area contributed by atoms with Crippen LogP contribution in [0, 0.1) is 27.9 Å². The molecule has 8 heteroatoms. The number of nitro benzene ring substituents is 1. The van der Waals surface area contributed by atoms with Crippen LogP contribution >= 0.6 is 0 Å². The minimum absolute atomic E-state index is 0.0222. The fourth-order valence-corrected chi connectivity index (χ4v) is 4.35. The zero-order chi connectivity index (χ0) is 24.8. The molecule has 180 valence electrons. The summed E-state index contributed by atoms with van der Waals surface area (Å²) in [5.41, 5.74) is 0.148. The second-order valence-corrected chi connectivity index (χ2v) is 9.12. The van der Waals surface area contributed by atoms with E-state index in [1.807, 2.05) is 0 Å². The number of non-ortho nitro benzene ring substituents is 1.